The fourth-order valence-electron chi connectivity index (χ4n) is 2.13. The summed E-state index contributed by atoms with van der Waals surface area (Å²) in [6, 6.07) is 11.1. The van der Waals surface area contributed by atoms with Gasteiger partial charge >= 0.3 is 5.97 Å². The average molecular weight is 317 g/mol. The van der Waals surface area contributed by atoms with Crippen molar-refractivity contribution in [2.75, 3.05) is 5.32 Å². The lowest BCUT2D eigenvalue weighted by Gasteiger charge is -2.10. The molecule has 1 aromatic heterocycles. The van der Waals surface area contributed by atoms with Crippen LogP contribution in [0.2, 0.25) is 0 Å². The molecule has 0 saturated carbocycles. The molecule has 4 nitrogen and oxygen atoms in total. The number of amides is 1. The van der Waals surface area contributed by atoms with Crippen molar-refractivity contribution in [3.63, 3.8) is 0 Å². The van der Waals surface area contributed by atoms with Gasteiger partial charge < -0.3 is 10.4 Å². The number of anilines is 1. The molecule has 0 aliphatic carbocycles. The van der Waals surface area contributed by atoms with E-state index in [2.05, 4.69) is 11.4 Å². The normalized spacial score (nSPS) is 11.9. The van der Waals surface area contributed by atoms with Crippen molar-refractivity contribution in [3.8, 4) is 0 Å². The van der Waals surface area contributed by atoms with Crippen molar-refractivity contribution < 1.29 is 14.7 Å². The third kappa shape index (κ3) is 4.70. The summed E-state index contributed by atoms with van der Waals surface area (Å²) in [6.07, 6.45) is 2.16. The lowest BCUT2D eigenvalue weighted by molar-refractivity contribution is -0.138. The summed E-state index contributed by atoms with van der Waals surface area (Å²) in [5.74, 6) is -1.51. The fraction of sp³-hybridized carbons (Fsp3) is 0.294. The van der Waals surface area contributed by atoms with Gasteiger partial charge in [0.15, 0.2) is 0 Å². The van der Waals surface area contributed by atoms with Crippen LogP contribution in [0.15, 0.2) is 41.8 Å². The zero-order valence-corrected chi connectivity index (χ0v) is 13.2. The maximum Gasteiger partial charge on any atom is 0.310 e. The highest BCUT2D eigenvalue weighted by atomic mass is 32.1. The number of hydrogen-bond donors (Lipinski definition) is 2. The lowest BCUT2D eigenvalue weighted by Crippen LogP contribution is -2.12. The second-order valence-electron chi connectivity index (χ2n) is 5.17. The van der Waals surface area contributed by atoms with E-state index in [0.717, 1.165) is 12.8 Å². The molecule has 5 heteroatoms. The third-order valence-electron chi connectivity index (χ3n) is 3.45. The van der Waals surface area contributed by atoms with Crippen molar-refractivity contribution in [2.45, 2.75) is 32.1 Å². The van der Waals surface area contributed by atoms with E-state index >= 15 is 0 Å². The largest absolute Gasteiger partial charge is 0.481 e. The molecule has 0 bridgehead atoms. The molecule has 2 rings (SSSR count). The summed E-state index contributed by atoms with van der Waals surface area (Å²) in [7, 11) is 0. The fourth-order valence-corrected chi connectivity index (χ4v) is 2.88. The van der Waals surface area contributed by atoms with E-state index in [1.807, 2.05) is 11.4 Å². The van der Waals surface area contributed by atoms with Crippen LogP contribution in [0.5, 0.6) is 0 Å². The van der Waals surface area contributed by atoms with Crippen LogP contribution in [-0.4, -0.2) is 17.0 Å². The minimum absolute atomic E-state index is 0.0447. The van der Waals surface area contributed by atoms with E-state index < -0.39 is 11.9 Å². The predicted octanol–water partition coefficient (Wildman–Crippen LogP) is 3.90. The van der Waals surface area contributed by atoms with Crippen molar-refractivity contribution in [1.29, 1.82) is 0 Å². The Bertz CT molecular complexity index is 637. The van der Waals surface area contributed by atoms with Gasteiger partial charge in [-0.05, 0) is 48.9 Å². The van der Waals surface area contributed by atoms with E-state index in [1.165, 1.54) is 4.88 Å². The number of nitrogens with one attached hydrogen (secondary N) is 1. The highest BCUT2D eigenvalue weighted by molar-refractivity contribution is 7.09. The molecule has 116 valence electrons. The lowest BCUT2D eigenvalue weighted by atomic mass is 10.0. The Kier molecular flexibility index (Phi) is 5.72. The monoisotopic (exact) mass is 317 g/mol. The highest BCUT2D eigenvalue weighted by Crippen LogP contribution is 2.20. The number of carbonyl (C=O) groups excluding carboxylic acids is 1. The minimum atomic E-state index is -0.876. The van der Waals surface area contributed by atoms with Gasteiger partial charge in [0.05, 0.1) is 5.92 Å². The summed E-state index contributed by atoms with van der Waals surface area (Å²) in [4.78, 5) is 24.2. The van der Waals surface area contributed by atoms with E-state index in [-0.39, 0.29) is 5.91 Å². The predicted molar refractivity (Wildman–Crippen MR) is 88.4 cm³/mol. The second-order valence-corrected chi connectivity index (χ2v) is 6.20. The van der Waals surface area contributed by atoms with Gasteiger partial charge in [0.2, 0.25) is 5.91 Å². The van der Waals surface area contributed by atoms with Crippen molar-refractivity contribution in [1.82, 2.24) is 0 Å². The Balaban J connectivity index is 1.86. The van der Waals surface area contributed by atoms with Crippen LogP contribution in [0.3, 0.4) is 0 Å². The number of benzene rings is 1. The summed E-state index contributed by atoms with van der Waals surface area (Å²) in [6.45, 7) is 1.63. The molecule has 0 aliphatic heterocycles. The van der Waals surface area contributed by atoms with Gasteiger partial charge in [-0.3, -0.25) is 9.59 Å². The second kappa shape index (κ2) is 7.75. The quantitative estimate of drug-likeness (QED) is 0.814. The molecular weight excluding hydrogens is 298 g/mol. The van der Waals surface area contributed by atoms with Gasteiger partial charge in [-0.15, -0.1) is 11.3 Å². The highest BCUT2D eigenvalue weighted by Gasteiger charge is 2.14. The Hall–Kier alpha value is -2.14. The maximum absolute atomic E-state index is 11.9. The van der Waals surface area contributed by atoms with E-state index in [0.29, 0.717) is 17.7 Å². The molecule has 0 fully saturated rings. The van der Waals surface area contributed by atoms with Gasteiger partial charge in [0, 0.05) is 17.0 Å². The zero-order valence-electron chi connectivity index (χ0n) is 12.4. The molecule has 1 amide bonds. The number of aryl methyl sites for hydroxylation is 1. The van der Waals surface area contributed by atoms with Crippen LogP contribution in [-0.2, 0) is 16.0 Å². The minimum Gasteiger partial charge on any atom is -0.481 e. The van der Waals surface area contributed by atoms with Crippen LogP contribution in [0.25, 0.3) is 0 Å². The Morgan fingerprint density at radius 3 is 2.77 bits per heavy atom. The van der Waals surface area contributed by atoms with E-state index in [1.54, 1.807) is 42.5 Å². The maximum atomic E-state index is 11.9. The Morgan fingerprint density at radius 1 is 1.27 bits per heavy atom. The molecule has 2 N–H and O–H groups in total. The molecule has 1 aromatic carbocycles. The molecule has 2 aromatic rings. The first-order chi connectivity index (χ1) is 10.6. The molecule has 1 heterocycles. The average Bonchev–Trinajstić information content (AvgIpc) is 3.00. The molecule has 1 unspecified atom stereocenters. The number of carbonyl (C=O) groups is 2. The van der Waals surface area contributed by atoms with Crippen molar-refractivity contribution in [3.05, 3.63) is 52.2 Å². The molecule has 1 atom stereocenters. The molecule has 22 heavy (non-hydrogen) atoms. The third-order valence-corrected chi connectivity index (χ3v) is 4.38. The first-order valence-corrected chi connectivity index (χ1v) is 8.09. The SMILES string of the molecule is CC(C(=O)O)c1cccc(NC(=O)CCCc2cccs2)c1. The summed E-state index contributed by atoms with van der Waals surface area (Å²) < 4.78 is 0. The van der Waals surface area contributed by atoms with Crippen LogP contribution in [0.4, 0.5) is 5.69 Å². The number of aliphatic carboxylic acids is 1. The standard InChI is InChI=1S/C17H19NO3S/c1-12(17(20)21)13-5-2-6-14(11-13)18-16(19)9-3-7-15-8-4-10-22-15/h2,4-6,8,10-12H,3,7,9H2,1H3,(H,18,19)(H,20,21). The van der Waals surface area contributed by atoms with Gasteiger partial charge in [0.25, 0.3) is 0 Å². The number of carboxylic acid groups (broad SMARTS) is 1. The van der Waals surface area contributed by atoms with Crippen LogP contribution >= 0.6 is 11.3 Å². The number of thiophene rings is 1. The molecule has 0 aliphatic rings. The van der Waals surface area contributed by atoms with Crippen LogP contribution in [0, 0.1) is 0 Å². The van der Waals surface area contributed by atoms with Gasteiger partial charge in [0.1, 0.15) is 0 Å². The summed E-state index contributed by atoms with van der Waals surface area (Å²) >= 11 is 1.70. The van der Waals surface area contributed by atoms with Crippen LogP contribution in [0.1, 0.15) is 36.1 Å². The molecular formula is C17H19NO3S. The van der Waals surface area contributed by atoms with Crippen molar-refractivity contribution in [2.24, 2.45) is 0 Å². The number of rotatable bonds is 7. The van der Waals surface area contributed by atoms with E-state index in [4.69, 9.17) is 5.11 Å². The molecule has 0 saturated heterocycles. The molecule has 0 radical (unpaired) electrons. The van der Waals surface area contributed by atoms with E-state index in [9.17, 15) is 9.59 Å². The first-order valence-electron chi connectivity index (χ1n) is 7.21. The zero-order chi connectivity index (χ0) is 15.9. The Labute approximate surface area is 133 Å². The van der Waals surface area contributed by atoms with Gasteiger partial charge in [-0.2, -0.15) is 0 Å². The number of hydrogen-bond acceptors (Lipinski definition) is 3. The van der Waals surface area contributed by atoms with Gasteiger partial charge in [-0.1, -0.05) is 18.2 Å². The smallest absolute Gasteiger partial charge is 0.310 e. The van der Waals surface area contributed by atoms with Crippen LogP contribution < -0.4 is 5.32 Å². The topological polar surface area (TPSA) is 66.4 Å². The summed E-state index contributed by atoms with van der Waals surface area (Å²) in [5.41, 5.74) is 1.33. The van der Waals surface area contributed by atoms with Gasteiger partial charge in [-0.25, -0.2) is 0 Å². The number of carboxylic acids is 1. The first kappa shape index (κ1) is 16.2. The summed E-state index contributed by atoms with van der Waals surface area (Å²) in [5, 5.41) is 13.9. The molecule has 0 spiro atoms. The van der Waals surface area contributed by atoms with Crippen molar-refractivity contribution >= 4 is 28.9 Å². The Morgan fingerprint density at radius 2 is 2.09 bits per heavy atom.